The third-order valence-corrected chi connectivity index (χ3v) is 2.29. The van der Waals surface area contributed by atoms with Gasteiger partial charge in [-0.3, -0.25) is 0 Å². The van der Waals surface area contributed by atoms with E-state index in [2.05, 4.69) is 26.6 Å². The minimum absolute atomic E-state index is 0.701. The summed E-state index contributed by atoms with van der Waals surface area (Å²) < 4.78 is 10.9. The van der Waals surface area contributed by atoms with E-state index in [-0.39, 0.29) is 0 Å². The molecule has 0 unspecified atom stereocenters. The standard InChI is InChI=1S/C10H22O2Si/c1-6-7-8-9-10(11-2)12-13(3,4)5/h9H,6-8H2,1-5H3/b10-9-. The zero-order chi connectivity index (χ0) is 10.3. The van der Waals surface area contributed by atoms with Gasteiger partial charge < -0.3 is 9.16 Å². The number of ether oxygens (including phenoxy) is 1. The summed E-state index contributed by atoms with van der Waals surface area (Å²) >= 11 is 0. The van der Waals surface area contributed by atoms with Gasteiger partial charge in [-0.25, -0.2) is 0 Å². The Morgan fingerprint density at radius 2 is 1.92 bits per heavy atom. The van der Waals surface area contributed by atoms with Crippen LogP contribution in [0.25, 0.3) is 0 Å². The normalized spacial score (nSPS) is 12.8. The van der Waals surface area contributed by atoms with E-state index < -0.39 is 8.32 Å². The molecule has 0 aliphatic carbocycles. The summed E-state index contributed by atoms with van der Waals surface area (Å²) in [6.07, 6.45) is 5.49. The second-order valence-corrected chi connectivity index (χ2v) is 8.51. The third-order valence-electron chi connectivity index (χ3n) is 1.48. The van der Waals surface area contributed by atoms with E-state index in [0.717, 1.165) is 6.42 Å². The lowest BCUT2D eigenvalue weighted by Gasteiger charge is -2.20. The van der Waals surface area contributed by atoms with Crippen LogP contribution in [0.5, 0.6) is 0 Å². The first-order valence-electron chi connectivity index (χ1n) is 4.92. The molecule has 2 nitrogen and oxygen atoms in total. The highest BCUT2D eigenvalue weighted by Gasteiger charge is 2.17. The molecule has 0 N–H and O–H groups in total. The van der Waals surface area contributed by atoms with Crippen molar-refractivity contribution in [1.29, 1.82) is 0 Å². The van der Waals surface area contributed by atoms with Gasteiger partial charge in [-0.2, -0.15) is 0 Å². The highest BCUT2D eigenvalue weighted by atomic mass is 28.4. The van der Waals surface area contributed by atoms with E-state index in [1.54, 1.807) is 7.11 Å². The summed E-state index contributed by atoms with van der Waals surface area (Å²) in [4.78, 5) is 0. The Hall–Kier alpha value is -0.443. The molecule has 0 aliphatic heterocycles. The minimum atomic E-state index is -1.49. The molecule has 0 aliphatic rings. The molecule has 13 heavy (non-hydrogen) atoms. The van der Waals surface area contributed by atoms with Gasteiger partial charge in [0.15, 0.2) is 0 Å². The molecule has 0 saturated heterocycles. The molecule has 0 spiro atoms. The Morgan fingerprint density at radius 1 is 1.31 bits per heavy atom. The van der Waals surface area contributed by atoms with E-state index in [0.29, 0.717) is 5.95 Å². The molecule has 0 rings (SSSR count). The third kappa shape index (κ3) is 7.90. The summed E-state index contributed by atoms with van der Waals surface area (Å²) in [6.45, 7) is 8.64. The number of allylic oxidation sites excluding steroid dienone is 1. The molecule has 78 valence electrons. The molecule has 0 radical (unpaired) electrons. The highest BCUT2D eigenvalue weighted by Crippen LogP contribution is 2.12. The second kappa shape index (κ2) is 6.08. The molecule has 0 bridgehead atoms. The fourth-order valence-corrected chi connectivity index (χ4v) is 1.66. The number of methoxy groups -OCH3 is 1. The van der Waals surface area contributed by atoms with Crippen LogP contribution in [-0.2, 0) is 9.16 Å². The predicted molar refractivity (Wildman–Crippen MR) is 59.0 cm³/mol. The zero-order valence-corrected chi connectivity index (χ0v) is 10.5. The van der Waals surface area contributed by atoms with Gasteiger partial charge in [0.1, 0.15) is 0 Å². The van der Waals surface area contributed by atoms with E-state index in [1.165, 1.54) is 12.8 Å². The predicted octanol–water partition coefficient (Wildman–Crippen LogP) is 3.52. The topological polar surface area (TPSA) is 18.5 Å². The maximum absolute atomic E-state index is 5.71. The fourth-order valence-electron chi connectivity index (χ4n) is 0.892. The Bertz CT molecular complexity index is 159. The van der Waals surface area contributed by atoms with Crippen molar-refractivity contribution in [2.45, 2.75) is 45.8 Å². The molecule has 0 amide bonds. The van der Waals surface area contributed by atoms with Crippen LogP contribution >= 0.6 is 0 Å². The van der Waals surface area contributed by atoms with Crippen molar-refractivity contribution in [3.05, 3.63) is 12.0 Å². The van der Waals surface area contributed by atoms with E-state index in [4.69, 9.17) is 9.16 Å². The minimum Gasteiger partial charge on any atom is -0.520 e. The lowest BCUT2D eigenvalue weighted by atomic mass is 10.2. The van der Waals surface area contributed by atoms with Crippen molar-refractivity contribution in [3.63, 3.8) is 0 Å². The Morgan fingerprint density at radius 3 is 2.31 bits per heavy atom. The number of hydrogen-bond acceptors (Lipinski definition) is 2. The molecule has 0 aromatic heterocycles. The number of unbranched alkanes of at least 4 members (excludes halogenated alkanes) is 2. The molecular formula is C10H22O2Si. The summed E-state index contributed by atoms with van der Waals surface area (Å²) in [5.41, 5.74) is 0. The average molecular weight is 202 g/mol. The maximum atomic E-state index is 5.71. The van der Waals surface area contributed by atoms with Crippen molar-refractivity contribution >= 4 is 8.32 Å². The monoisotopic (exact) mass is 202 g/mol. The van der Waals surface area contributed by atoms with Gasteiger partial charge in [-0.05, 0) is 38.6 Å². The number of hydrogen-bond donors (Lipinski definition) is 0. The van der Waals surface area contributed by atoms with Gasteiger partial charge in [0.25, 0.3) is 5.95 Å². The maximum Gasteiger partial charge on any atom is 0.260 e. The molecule has 3 heteroatoms. The smallest absolute Gasteiger partial charge is 0.260 e. The summed E-state index contributed by atoms with van der Waals surface area (Å²) in [5.74, 6) is 0.701. The van der Waals surface area contributed by atoms with Crippen LogP contribution in [0.3, 0.4) is 0 Å². The van der Waals surface area contributed by atoms with Crippen molar-refractivity contribution in [2.75, 3.05) is 7.11 Å². The van der Waals surface area contributed by atoms with Gasteiger partial charge in [-0.15, -0.1) is 0 Å². The molecule has 0 saturated carbocycles. The molecule has 0 heterocycles. The first-order valence-corrected chi connectivity index (χ1v) is 8.33. The van der Waals surface area contributed by atoms with Crippen LogP contribution in [0.15, 0.2) is 12.0 Å². The molecule has 0 aromatic rings. The summed E-state index contributed by atoms with van der Waals surface area (Å²) in [6, 6.07) is 0. The van der Waals surface area contributed by atoms with Gasteiger partial charge in [0.2, 0.25) is 8.32 Å². The fraction of sp³-hybridized carbons (Fsp3) is 0.800. The van der Waals surface area contributed by atoms with Crippen molar-refractivity contribution in [2.24, 2.45) is 0 Å². The van der Waals surface area contributed by atoms with Gasteiger partial charge >= 0.3 is 0 Å². The van der Waals surface area contributed by atoms with E-state index >= 15 is 0 Å². The zero-order valence-electron chi connectivity index (χ0n) is 9.52. The first kappa shape index (κ1) is 12.6. The lowest BCUT2D eigenvalue weighted by Crippen LogP contribution is -2.25. The quantitative estimate of drug-likeness (QED) is 0.373. The van der Waals surface area contributed by atoms with Crippen LogP contribution in [0, 0.1) is 0 Å². The van der Waals surface area contributed by atoms with Crippen LogP contribution in [0.2, 0.25) is 19.6 Å². The van der Waals surface area contributed by atoms with Crippen LogP contribution in [0.4, 0.5) is 0 Å². The van der Waals surface area contributed by atoms with Crippen LogP contribution in [-0.4, -0.2) is 15.4 Å². The summed E-state index contributed by atoms with van der Waals surface area (Å²) in [5, 5.41) is 0. The lowest BCUT2D eigenvalue weighted by molar-refractivity contribution is 0.145. The second-order valence-electron chi connectivity index (χ2n) is 4.08. The Labute approximate surface area is 83.1 Å². The SMILES string of the molecule is CCCC/C=C(/OC)O[Si](C)(C)C. The van der Waals surface area contributed by atoms with E-state index in [9.17, 15) is 0 Å². The largest absolute Gasteiger partial charge is 0.520 e. The molecular weight excluding hydrogens is 180 g/mol. The highest BCUT2D eigenvalue weighted by molar-refractivity contribution is 6.69. The number of rotatable bonds is 6. The van der Waals surface area contributed by atoms with Gasteiger partial charge in [0, 0.05) is 0 Å². The summed E-state index contributed by atoms with van der Waals surface area (Å²) in [7, 11) is 0.170. The van der Waals surface area contributed by atoms with Crippen LogP contribution < -0.4 is 0 Å². The van der Waals surface area contributed by atoms with Crippen molar-refractivity contribution in [1.82, 2.24) is 0 Å². The molecule has 0 fully saturated rings. The van der Waals surface area contributed by atoms with E-state index in [1.807, 2.05) is 6.08 Å². The van der Waals surface area contributed by atoms with Crippen LogP contribution in [0.1, 0.15) is 26.2 Å². The first-order chi connectivity index (χ1) is 5.99. The van der Waals surface area contributed by atoms with Crippen molar-refractivity contribution < 1.29 is 9.16 Å². The Balaban J connectivity index is 3.94. The molecule has 0 atom stereocenters. The molecule has 0 aromatic carbocycles. The van der Waals surface area contributed by atoms with Crippen molar-refractivity contribution in [3.8, 4) is 0 Å². The Kier molecular flexibility index (Phi) is 5.87. The van der Waals surface area contributed by atoms with Gasteiger partial charge in [0.05, 0.1) is 7.11 Å². The van der Waals surface area contributed by atoms with Gasteiger partial charge in [-0.1, -0.05) is 13.3 Å². The average Bonchev–Trinajstić information content (AvgIpc) is 2.01.